The highest BCUT2D eigenvalue weighted by Gasteiger charge is 2.19. The number of carbonyl (C=O) groups excluding carboxylic acids is 3. The van der Waals surface area contributed by atoms with Gasteiger partial charge < -0.3 is 14.2 Å². The van der Waals surface area contributed by atoms with E-state index >= 15 is 0 Å². The van der Waals surface area contributed by atoms with Crippen LogP contribution in [0.4, 0.5) is 0 Å². The van der Waals surface area contributed by atoms with Crippen LogP contribution < -0.4 is 0 Å². The molecule has 0 N–H and O–H groups in total. The molecule has 0 saturated carbocycles. The summed E-state index contributed by atoms with van der Waals surface area (Å²) in [5.74, 6) is -0.869. The van der Waals surface area contributed by atoms with Crippen LogP contribution in [0.25, 0.3) is 0 Å². The number of unbranched alkanes of at least 4 members (excludes halogenated alkanes) is 37. The van der Waals surface area contributed by atoms with Gasteiger partial charge in [0, 0.05) is 19.3 Å². The van der Waals surface area contributed by atoms with Gasteiger partial charge >= 0.3 is 17.9 Å². The van der Waals surface area contributed by atoms with Crippen LogP contribution in [0.15, 0.2) is 85.1 Å². The van der Waals surface area contributed by atoms with Gasteiger partial charge in [-0.05, 0) is 96.3 Å². The second kappa shape index (κ2) is 67.1. The van der Waals surface area contributed by atoms with E-state index in [1.165, 1.54) is 205 Å². The monoisotopic (exact) mass is 1100 g/mol. The predicted molar refractivity (Wildman–Crippen MR) is 344 cm³/mol. The first kappa shape index (κ1) is 75.6. The number of rotatable bonds is 62. The minimum atomic E-state index is -0.775. The van der Waals surface area contributed by atoms with E-state index in [-0.39, 0.29) is 31.1 Å². The molecule has 0 fully saturated rings. The summed E-state index contributed by atoms with van der Waals surface area (Å²) in [4.78, 5) is 38.2. The van der Waals surface area contributed by atoms with E-state index in [9.17, 15) is 14.4 Å². The zero-order valence-corrected chi connectivity index (χ0v) is 52.4. The highest BCUT2D eigenvalue weighted by Crippen LogP contribution is 2.17. The Hall–Kier alpha value is -3.41. The topological polar surface area (TPSA) is 78.9 Å². The van der Waals surface area contributed by atoms with Gasteiger partial charge in [-0.25, -0.2) is 0 Å². The van der Waals surface area contributed by atoms with Crippen LogP contribution in [0.3, 0.4) is 0 Å². The fourth-order valence-corrected chi connectivity index (χ4v) is 9.80. The molecule has 6 heteroatoms. The molecule has 0 aromatic heterocycles. The molecular formula is C73H128O6. The Bertz CT molecular complexity index is 1500. The van der Waals surface area contributed by atoms with E-state index in [4.69, 9.17) is 14.2 Å². The Morgan fingerprint density at radius 3 is 0.772 bits per heavy atom. The van der Waals surface area contributed by atoms with Crippen LogP contribution in [-0.4, -0.2) is 37.2 Å². The Balaban J connectivity index is 4.08. The highest BCUT2D eigenvalue weighted by atomic mass is 16.6. The van der Waals surface area contributed by atoms with Crippen LogP contribution in [0.1, 0.15) is 342 Å². The Morgan fingerprint density at radius 1 is 0.266 bits per heavy atom. The molecule has 0 aromatic rings. The molecule has 0 bridgehead atoms. The van der Waals surface area contributed by atoms with Crippen molar-refractivity contribution in [3.05, 3.63) is 85.1 Å². The van der Waals surface area contributed by atoms with Gasteiger partial charge in [0.15, 0.2) is 6.10 Å². The molecule has 0 heterocycles. The van der Waals surface area contributed by atoms with E-state index in [1.54, 1.807) is 0 Å². The SMILES string of the molecule is CC/C=C\C/C=C\C/C=C\C/C=C\CCCCCCCCCCCCCCC(=O)OC(COC(=O)CCCCCCCCC)COC(=O)CCCCCCCCCCCCCCCC/C=C\C/C=C\C/C=C\CCCCCCC. The normalized spacial score (nSPS) is 12.6. The van der Waals surface area contributed by atoms with Gasteiger partial charge in [-0.15, -0.1) is 0 Å². The molecule has 0 rings (SSSR count). The minimum absolute atomic E-state index is 0.0742. The predicted octanol–water partition coefficient (Wildman–Crippen LogP) is 23.4. The zero-order chi connectivity index (χ0) is 57.1. The lowest BCUT2D eigenvalue weighted by Crippen LogP contribution is -2.30. The smallest absolute Gasteiger partial charge is 0.306 e. The molecule has 0 aromatic carbocycles. The van der Waals surface area contributed by atoms with E-state index in [0.29, 0.717) is 19.3 Å². The van der Waals surface area contributed by atoms with E-state index in [2.05, 4.69) is 106 Å². The molecule has 0 aliphatic rings. The molecule has 1 atom stereocenters. The maximum Gasteiger partial charge on any atom is 0.306 e. The number of esters is 3. The van der Waals surface area contributed by atoms with Crippen molar-refractivity contribution in [2.45, 2.75) is 348 Å². The van der Waals surface area contributed by atoms with E-state index in [0.717, 1.165) is 96.3 Å². The highest BCUT2D eigenvalue weighted by molar-refractivity contribution is 5.71. The van der Waals surface area contributed by atoms with Gasteiger partial charge in [0.1, 0.15) is 13.2 Å². The number of carbonyl (C=O) groups is 3. The lowest BCUT2D eigenvalue weighted by Gasteiger charge is -2.18. The standard InChI is InChI=1S/C73H128O6/c1-4-7-10-13-16-18-20-22-24-26-28-30-32-34-35-36-37-39-40-42-44-46-48-50-52-54-57-60-63-66-72(75)78-69-70(68-77-71(74)65-62-59-56-15-12-9-6-3)79-73(76)67-64-61-58-55-53-51-49-47-45-43-41-38-33-31-29-27-25-23-21-19-17-14-11-8-5-2/h8,11,17,19-20,22-23,25-26,28-29,31-32,34,70H,4-7,9-10,12-16,18,21,24,27,30,33,35-69H2,1-3H3/b11-8-,19-17-,22-20-,25-23-,28-26-,31-29-,34-32-. The molecule has 0 saturated heterocycles. The molecular weight excluding hydrogens is 973 g/mol. The molecule has 0 amide bonds. The molecule has 1 unspecified atom stereocenters. The molecule has 0 aliphatic heterocycles. The summed E-state index contributed by atoms with van der Waals surface area (Å²) in [7, 11) is 0. The average Bonchev–Trinajstić information content (AvgIpc) is 3.45. The quantitative estimate of drug-likeness (QED) is 0.0261. The molecule has 79 heavy (non-hydrogen) atoms. The third kappa shape index (κ3) is 65.3. The maximum atomic E-state index is 12.9. The third-order valence-electron chi connectivity index (χ3n) is 14.9. The van der Waals surface area contributed by atoms with Crippen molar-refractivity contribution >= 4 is 17.9 Å². The van der Waals surface area contributed by atoms with E-state index < -0.39 is 6.10 Å². The summed E-state index contributed by atoms with van der Waals surface area (Å²) >= 11 is 0. The minimum Gasteiger partial charge on any atom is -0.462 e. The average molecular weight is 1100 g/mol. The van der Waals surface area contributed by atoms with Crippen LogP contribution >= 0.6 is 0 Å². The second-order valence-corrected chi connectivity index (χ2v) is 22.7. The molecule has 0 spiro atoms. The van der Waals surface area contributed by atoms with Gasteiger partial charge in [0.25, 0.3) is 0 Å². The van der Waals surface area contributed by atoms with Crippen molar-refractivity contribution in [3.8, 4) is 0 Å². The van der Waals surface area contributed by atoms with Crippen molar-refractivity contribution in [1.82, 2.24) is 0 Å². The first-order valence-corrected chi connectivity index (χ1v) is 34.1. The van der Waals surface area contributed by atoms with E-state index in [1.807, 2.05) is 0 Å². The number of ether oxygens (including phenoxy) is 3. The Labute approximate surface area is 490 Å². The summed E-state index contributed by atoms with van der Waals surface area (Å²) in [5, 5.41) is 0. The number of hydrogen-bond acceptors (Lipinski definition) is 6. The molecule has 456 valence electrons. The summed E-state index contributed by atoms with van der Waals surface area (Å²) < 4.78 is 16.9. The zero-order valence-electron chi connectivity index (χ0n) is 52.4. The van der Waals surface area contributed by atoms with Gasteiger partial charge in [0.05, 0.1) is 0 Å². The Kier molecular flexibility index (Phi) is 64.2. The van der Waals surface area contributed by atoms with Gasteiger partial charge in [-0.3, -0.25) is 14.4 Å². The van der Waals surface area contributed by atoms with Crippen LogP contribution in [0.2, 0.25) is 0 Å². The molecule has 0 aliphatic carbocycles. The number of hydrogen-bond donors (Lipinski definition) is 0. The van der Waals surface area contributed by atoms with Crippen molar-refractivity contribution in [2.75, 3.05) is 13.2 Å². The van der Waals surface area contributed by atoms with Gasteiger partial charge in [-0.1, -0.05) is 311 Å². The van der Waals surface area contributed by atoms with Crippen molar-refractivity contribution in [3.63, 3.8) is 0 Å². The van der Waals surface area contributed by atoms with Crippen molar-refractivity contribution < 1.29 is 28.6 Å². The summed E-state index contributed by atoms with van der Waals surface area (Å²) in [6, 6.07) is 0. The molecule has 6 nitrogen and oxygen atoms in total. The molecule has 0 radical (unpaired) electrons. The Morgan fingerprint density at radius 2 is 0.494 bits per heavy atom. The largest absolute Gasteiger partial charge is 0.462 e. The number of allylic oxidation sites excluding steroid dienone is 14. The van der Waals surface area contributed by atoms with Crippen LogP contribution in [0.5, 0.6) is 0 Å². The summed E-state index contributed by atoms with van der Waals surface area (Å²) in [6.45, 7) is 6.51. The maximum absolute atomic E-state index is 12.9. The first-order chi connectivity index (χ1) is 39.0. The summed E-state index contributed by atoms with van der Waals surface area (Å²) in [5.41, 5.74) is 0. The van der Waals surface area contributed by atoms with Gasteiger partial charge in [0.2, 0.25) is 0 Å². The van der Waals surface area contributed by atoms with Crippen molar-refractivity contribution in [2.24, 2.45) is 0 Å². The lowest BCUT2D eigenvalue weighted by atomic mass is 10.0. The fourth-order valence-electron chi connectivity index (χ4n) is 9.80. The van der Waals surface area contributed by atoms with Crippen molar-refractivity contribution in [1.29, 1.82) is 0 Å². The van der Waals surface area contributed by atoms with Crippen LogP contribution in [-0.2, 0) is 28.6 Å². The lowest BCUT2D eigenvalue weighted by molar-refractivity contribution is -0.167. The third-order valence-corrected chi connectivity index (χ3v) is 14.9. The first-order valence-electron chi connectivity index (χ1n) is 34.1. The van der Waals surface area contributed by atoms with Gasteiger partial charge in [-0.2, -0.15) is 0 Å². The fraction of sp³-hybridized carbons (Fsp3) is 0.767. The van der Waals surface area contributed by atoms with Crippen LogP contribution in [0, 0.1) is 0 Å². The second-order valence-electron chi connectivity index (χ2n) is 22.7. The summed E-state index contributed by atoms with van der Waals surface area (Å²) in [6.07, 6.45) is 89.2.